The lowest BCUT2D eigenvalue weighted by Crippen LogP contribution is -2.43. The van der Waals surface area contributed by atoms with Crippen molar-refractivity contribution < 1.29 is 15.0 Å². The highest BCUT2D eigenvalue weighted by Crippen LogP contribution is 1.99. The summed E-state index contributed by atoms with van der Waals surface area (Å²) in [7, 11) is 0. The lowest BCUT2D eigenvalue weighted by Gasteiger charge is -2.23. The van der Waals surface area contributed by atoms with Crippen LogP contribution in [0.4, 0.5) is 0 Å². The van der Waals surface area contributed by atoms with Crippen molar-refractivity contribution >= 4 is 18.4 Å². The van der Waals surface area contributed by atoms with Crippen LogP contribution in [0.5, 0.6) is 0 Å². The van der Waals surface area contributed by atoms with Gasteiger partial charge < -0.3 is 15.5 Å². The van der Waals surface area contributed by atoms with E-state index in [0.717, 1.165) is 6.54 Å². The molecule has 0 saturated heterocycles. The smallest absolute Gasteiger partial charge is 0.335 e. The maximum absolute atomic E-state index is 10.2. The molecule has 0 atom stereocenters. The summed E-state index contributed by atoms with van der Waals surface area (Å²) in [6.45, 7) is 7.37. The molecule has 0 aromatic heterocycles. The first kappa shape index (κ1) is 21.2. The lowest BCUT2D eigenvalue weighted by atomic mass is 10.1. The van der Waals surface area contributed by atoms with Crippen LogP contribution < -0.4 is 5.32 Å². The topological polar surface area (TPSA) is 69.6 Å². The van der Waals surface area contributed by atoms with Crippen LogP contribution in [0.3, 0.4) is 0 Å². The standard InChI is InChI=1S/C8H19NO.C7H6O2.ClH/c1-4-5-6-9-8(2,3)7-10;8-7(9)6-4-2-1-3-5-6;/h9-10H,4-7H2,1-3H3;1-5H,(H,8,9);1H. The third kappa shape index (κ3) is 10.8. The zero-order valence-electron chi connectivity index (χ0n) is 12.4. The van der Waals surface area contributed by atoms with Gasteiger partial charge >= 0.3 is 5.97 Å². The second kappa shape index (κ2) is 11.7. The van der Waals surface area contributed by atoms with Gasteiger partial charge in [0.1, 0.15) is 0 Å². The Bertz CT molecular complexity index is 355. The molecule has 4 nitrogen and oxygen atoms in total. The number of aliphatic hydroxyl groups is 1. The van der Waals surface area contributed by atoms with E-state index in [1.807, 2.05) is 13.8 Å². The minimum absolute atomic E-state index is 0. The van der Waals surface area contributed by atoms with Gasteiger partial charge in [0, 0.05) is 5.54 Å². The Kier molecular flexibility index (Phi) is 12.4. The highest BCUT2D eigenvalue weighted by Gasteiger charge is 2.13. The number of aromatic carboxylic acids is 1. The van der Waals surface area contributed by atoms with Gasteiger partial charge in [0.05, 0.1) is 12.2 Å². The molecule has 0 aliphatic rings. The lowest BCUT2D eigenvalue weighted by molar-refractivity contribution is 0.0697. The first-order chi connectivity index (χ1) is 8.93. The summed E-state index contributed by atoms with van der Waals surface area (Å²) in [5.74, 6) is -0.879. The summed E-state index contributed by atoms with van der Waals surface area (Å²) in [6.07, 6.45) is 2.39. The van der Waals surface area contributed by atoms with Crippen molar-refractivity contribution in [3.8, 4) is 0 Å². The number of hydrogen-bond donors (Lipinski definition) is 3. The summed E-state index contributed by atoms with van der Waals surface area (Å²) in [5, 5.41) is 20.5. The molecule has 1 aromatic rings. The highest BCUT2D eigenvalue weighted by molar-refractivity contribution is 5.87. The van der Waals surface area contributed by atoms with Crippen LogP contribution in [0.25, 0.3) is 0 Å². The quantitative estimate of drug-likeness (QED) is 0.707. The summed E-state index contributed by atoms with van der Waals surface area (Å²) in [6, 6.07) is 8.30. The fraction of sp³-hybridized carbons (Fsp3) is 0.533. The number of halogens is 1. The normalized spacial score (nSPS) is 10.0. The largest absolute Gasteiger partial charge is 0.478 e. The van der Waals surface area contributed by atoms with Gasteiger partial charge in [-0.15, -0.1) is 12.4 Å². The monoisotopic (exact) mass is 303 g/mol. The average molecular weight is 304 g/mol. The molecule has 116 valence electrons. The number of carbonyl (C=O) groups is 1. The van der Waals surface area contributed by atoms with Gasteiger partial charge in [-0.3, -0.25) is 0 Å². The van der Waals surface area contributed by atoms with Crippen molar-refractivity contribution in [2.45, 2.75) is 39.2 Å². The van der Waals surface area contributed by atoms with E-state index in [1.165, 1.54) is 12.8 Å². The van der Waals surface area contributed by atoms with Crippen LogP contribution in [0, 0.1) is 0 Å². The number of hydrogen-bond acceptors (Lipinski definition) is 3. The first-order valence-electron chi connectivity index (χ1n) is 6.57. The number of unbranched alkanes of at least 4 members (excludes halogenated alkanes) is 1. The van der Waals surface area contributed by atoms with Crippen LogP contribution in [0.1, 0.15) is 44.0 Å². The molecule has 0 unspecified atom stereocenters. The number of nitrogens with one attached hydrogen (secondary N) is 1. The van der Waals surface area contributed by atoms with E-state index in [1.54, 1.807) is 30.3 Å². The van der Waals surface area contributed by atoms with E-state index >= 15 is 0 Å². The van der Waals surface area contributed by atoms with Crippen LogP contribution >= 0.6 is 12.4 Å². The van der Waals surface area contributed by atoms with Crippen molar-refractivity contribution in [2.75, 3.05) is 13.2 Å². The summed E-state index contributed by atoms with van der Waals surface area (Å²) in [4.78, 5) is 10.2. The maximum atomic E-state index is 10.2. The molecule has 0 aliphatic heterocycles. The molecule has 3 N–H and O–H groups in total. The van der Waals surface area contributed by atoms with Crippen molar-refractivity contribution in [3.63, 3.8) is 0 Å². The van der Waals surface area contributed by atoms with E-state index in [4.69, 9.17) is 10.2 Å². The fourth-order valence-corrected chi connectivity index (χ4v) is 1.24. The van der Waals surface area contributed by atoms with Gasteiger partial charge in [-0.2, -0.15) is 0 Å². The molecule has 0 heterocycles. The molecule has 0 radical (unpaired) electrons. The van der Waals surface area contributed by atoms with Crippen molar-refractivity contribution in [3.05, 3.63) is 35.9 Å². The first-order valence-corrected chi connectivity index (χ1v) is 6.57. The third-order valence-electron chi connectivity index (χ3n) is 2.55. The zero-order chi connectivity index (χ0) is 14.7. The molecule has 20 heavy (non-hydrogen) atoms. The van der Waals surface area contributed by atoms with E-state index in [2.05, 4.69) is 12.2 Å². The number of benzene rings is 1. The molecular formula is C15H26ClNO3. The molecule has 0 bridgehead atoms. The number of carboxylic acid groups (broad SMARTS) is 1. The van der Waals surface area contributed by atoms with Crippen LogP contribution in [-0.4, -0.2) is 34.9 Å². The maximum Gasteiger partial charge on any atom is 0.335 e. The molecule has 0 fully saturated rings. The Labute approximate surface area is 127 Å². The van der Waals surface area contributed by atoms with Gasteiger partial charge in [-0.05, 0) is 38.9 Å². The highest BCUT2D eigenvalue weighted by atomic mass is 35.5. The molecule has 1 rings (SSSR count). The Morgan fingerprint density at radius 2 is 1.80 bits per heavy atom. The molecule has 0 amide bonds. The van der Waals surface area contributed by atoms with E-state index in [-0.39, 0.29) is 24.6 Å². The average Bonchev–Trinajstić information content (AvgIpc) is 2.41. The van der Waals surface area contributed by atoms with Crippen LogP contribution in [0.2, 0.25) is 0 Å². The molecule has 0 spiro atoms. The molecular weight excluding hydrogens is 278 g/mol. The van der Waals surface area contributed by atoms with E-state index in [0.29, 0.717) is 5.56 Å². The molecule has 5 heteroatoms. The summed E-state index contributed by atoms with van der Waals surface area (Å²) >= 11 is 0. The van der Waals surface area contributed by atoms with E-state index in [9.17, 15) is 4.79 Å². The number of rotatable bonds is 6. The van der Waals surface area contributed by atoms with Crippen molar-refractivity contribution in [1.29, 1.82) is 0 Å². The van der Waals surface area contributed by atoms with Gasteiger partial charge in [0.15, 0.2) is 0 Å². The minimum Gasteiger partial charge on any atom is -0.478 e. The SMILES string of the molecule is CCCCNC(C)(C)CO.Cl.O=C(O)c1ccccc1. The van der Waals surface area contributed by atoms with Crippen molar-refractivity contribution in [1.82, 2.24) is 5.32 Å². The number of carboxylic acids is 1. The Balaban J connectivity index is 0. The van der Waals surface area contributed by atoms with Crippen LogP contribution in [0.15, 0.2) is 30.3 Å². The fourth-order valence-electron chi connectivity index (χ4n) is 1.24. The summed E-state index contributed by atoms with van der Waals surface area (Å²) in [5.41, 5.74) is 0.229. The second-order valence-electron chi connectivity index (χ2n) is 4.99. The predicted octanol–water partition coefficient (Wildman–Crippen LogP) is 2.95. The summed E-state index contributed by atoms with van der Waals surface area (Å²) < 4.78 is 0. The van der Waals surface area contributed by atoms with E-state index < -0.39 is 5.97 Å². The van der Waals surface area contributed by atoms with Gasteiger partial charge in [0.25, 0.3) is 0 Å². The minimum atomic E-state index is -0.879. The van der Waals surface area contributed by atoms with Gasteiger partial charge in [0.2, 0.25) is 0 Å². The van der Waals surface area contributed by atoms with Gasteiger partial charge in [-0.25, -0.2) is 4.79 Å². The number of aliphatic hydroxyl groups excluding tert-OH is 1. The van der Waals surface area contributed by atoms with Gasteiger partial charge in [-0.1, -0.05) is 31.5 Å². The second-order valence-corrected chi connectivity index (χ2v) is 4.99. The molecule has 0 saturated carbocycles. The third-order valence-corrected chi connectivity index (χ3v) is 2.55. The predicted molar refractivity (Wildman–Crippen MR) is 84.7 cm³/mol. The Morgan fingerprint density at radius 3 is 2.15 bits per heavy atom. The molecule has 1 aromatic carbocycles. The van der Waals surface area contributed by atoms with Crippen molar-refractivity contribution in [2.24, 2.45) is 0 Å². The Hall–Kier alpha value is -1.10. The Morgan fingerprint density at radius 1 is 1.25 bits per heavy atom. The van der Waals surface area contributed by atoms with Crippen LogP contribution in [-0.2, 0) is 0 Å². The molecule has 0 aliphatic carbocycles. The zero-order valence-corrected chi connectivity index (χ0v) is 13.2.